The van der Waals surface area contributed by atoms with Crippen molar-refractivity contribution in [3.8, 4) is 11.6 Å². The van der Waals surface area contributed by atoms with Crippen LogP contribution in [-0.4, -0.2) is 48.4 Å². The van der Waals surface area contributed by atoms with Gasteiger partial charge in [-0.25, -0.2) is 18.4 Å². The molecule has 31 heavy (non-hydrogen) atoms. The van der Waals surface area contributed by atoms with Gasteiger partial charge in [0.15, 0.2) is 0 Å². The molecule has 0 saturated carbocycles. The van der Waals surface area contributed by atoms with Crippen LogP contribution >= 0.6 is 0 Å². The van der Waals surface area contributed by atoms with Gasteiger partial charge >= 0.3 is 0 Å². The van der Waals surface area contributed by atoms with Crippen LogP contribution in [0.25, 0.3) is 0 Å². The van der Waals surface area contributed by atoms with Crippen LogP contribution in [0.2, 0.25) is 0 Å². The van der Waals surface area contributed by atoms with Crippen molar-refractivity contribution in [2.75, 3.05) is 24.5 Å². The number of hydrogen-bond donors (Lipinski definition) is 0. The van der Waals surface area contributed by atoms with Crippen molar-refractivity contribution in [2.24, 2.45) is 0 Å². The summed E-state index contributed by atoms with van der Waals surface area (Å²) in [5.41, 5.74) is 2.19. The molecule has 3 aromatic rings. The zero-order valence-corrected chi connectivity index (χ0v) is 18.7. The first-order valence-electron chi connectivity index (χ1n) is 10.2. The second-order valence-corrected chi connectivity index (χ2v) is 9.74. The Balaban J connectivity index is 1.47. The highest BCUT2D eigenvalue weighted by Crippen LogP contribution is 2.26. The van der Waals surface area contributed by atoms with E-state index in [1.54, 1.807) is 22.5 Å². The van der Waals surface area contributed by atoms with Crippen molar-refractivity contribution in [1.82, 2.24) is 14.3 Å². The molecule has 4 rings (SSSR count). The third-order valence-corrected chi connectivity index (χ3v) is 7.42. The van der Waals surface area contributed by atoms with Crippen LogP contribution in [-0.2, 0) is 10.0 Å². The summed E-state index contributed by atoms with van der Waals surface area (Å²) < 4.78 is 33.6. The molecule has 1 aliphatic rings. The van der Waals surface area contributed by atoms with Gasteiger partial charge in [-0.15, -0.1) is 0 Å². The van der Waals surface area contributed by atoms with E-state index >= 15 is 0 Å². The van der Waals surface area contributed by atoms with Gasteiger partial charge in [0.05, 0.1) is 4.90 Å². The number of ether oxygens (including phenoxy) is 1. The molecule has 0 amide bonds. The van der Waals surface area contributed by atoms with Crippen LogP contribution in [0.15, 0.2) is 65.8 Å². The minimum Gasteiger partial charge on any atom is -0.439 e. The molecule has 7 nitrogen and oxygen atoms in total. The van der Waals surface area contributed by atoms with Gasteiger partial charge in [0, 0.05) is 31.7 Å². The molecular formula is C23H26N4O3S. The van der Waals surface area contributed by atoms with Gasteiger partial charge in [-0.05, 0) is 45.0 Å². The van der Waals surface area contributed by atoms with Gasteiger partial charge < -0.3 is 9.64 Å². The molecule has 162 valence electrons. The van der Waals surface area contributed by atoms with Crippen LogP contribution in [0.5, 0.6) is 11.6 Å². The van der Waals surface area contributed by atoms with Gasteiger partial charge in [-0.3, -0.25) is 0 Å². The predicted molar refractivity (Wildman–Crippen MR) is 120 cm³/mol. The fourth-order valence-corrected chi connectivity index (χ4v) is 5.25. The van der Waals surface area contributed by atoms with E-state index in [9.17, 15) is 8.42 Å². The molecule has 2 aromatic carbocycles. The third kappa shape index (κ3) is 4.70. The summed E-state index contributed by atoms with van der Waals surface area (Å²) in [7, 11) is -3.54. The Kier molecular flexibility index (Phi) is 5.93. The largest absolute Gasteiger partial charge is 0.439 e. The topological polar surface area (TPSA) is 75.6 Å². The molecule has 0 bridgehead atoms. The molecule has 0 N–H and O–H groups in total. The second kappa shape index (κ2) is 8.64. The number of benzene rings is 2. The maximum Gasteiger partial charge on any atom is 0.243 e. The van der Waals surface area contributed by atoms with Crippen molar-refractivity contribution in [2.45, 2.75) is 31.7 Å². The average molecular weight is 439 g/mol. The maximum atomic E-state index is 13.1. The molecule has 0 unspecified atom stereocenters. The van der Waals surface area contributed by atoms with E-state index in [0.717, 1.165) is 16.9 Å². The van der Waals surface area contributed by atoms with Gasteiger partial charge in [0.1, 0.15) is 17.9 Å². The summed E-state index contributed by atoms with van der Waals surface area (Å²) in [4.78, 5) is 11.0. The molecule has 1 fully saturated rings. The number of hydrogen-bond acceptors (Lipinski definition) is 6. The lowest BCUT2D eigenvalue weighted by molar-refractivity contribution is 0.305. The number of aromatic nitrogens is 2. The van der Waals surface area contributed by atoms with E-state index < -0.39 is 10.0 Å². The summed E-state index contributed by atoms with van der Waals surface area (Å²) in [6.45, 7) is 7.34. The SMILES string of the molecule is Cc1ccc(Oc2cc(N3CCN(S(=O)(=O)c4ccc(C)cc4)[C@@H](C)C3)ncn2)cc1. The molecule has 0 aliphatic carbocycles. The summed E-state index contributed by atoms with van der Waals surface area (Å²) in [5, 5.41) is 0. The van der Waals surface area contributed by atoms with Gasteiger partial charge in [0.25, 0.3) is 0 Å². The standard InChI is InChI=1S/C23H26N4O3S/c1-17-4-8-20(9-5-17)30-23-14-22(24-16-25-23)26-12-13-27(19(3)15-26)31(28,29)21-10-6-18(2)7-11-21/h4-11,14,16,19H,12-13,15H2,1-3H3/t19-/m0/s1. The van der Waals surface area contributed by atoms with Crippen LogP contribution < -0.4 is 9.64 Å². The van der Waals surface area contributed by atoms with Crippen LogP contribution in [0, 0.1) is 13.8 Å². The van der Waals surface area contributed by atoms with E-state index in [2.05, 4.69) is 14.9 Å². The van der Waals surface area contributed by atoms with E-state index in [1.807, 2.05) is 57.2 Å². The fraction of sp³-hybridized carbons (Fsp3) is 0.304. The lowest BCUT2D eigenvalue weighted by atomic mass is 10.2. The Hall–Kier alpha value is -2.97. The minimum absolute atomic E-state index is 0.198. The monoisotopic (exact) mass is 438 g/mol. The normalized spacial score (nSPS) is 17.5. The summed E-state index contributed by atoms with van der Waals surface area (Å²) in [5.74, 6) is 1.88. The zero-order chi connectivity index (χ0) is 22.0. The van der Waals surface area contributed by atoms with Gasteiger partial charge in [-0.2, -0.15) is 4.31 Å². The highest BCUT2D eigenvalue weighted by Gasteiger charge is 2.34. The van der Waals surface area contributed by atoms with Crippen molar-refractivity contribution in [3.05, 3.63) is 72.1 Å². The van der Waals surface area contributed by atoms with Crippen molar-refractivity contribution in [3.63, 3.8) is 0 Å². The van der Waals surface area contributed by atoms with Crippen LogP contribution in [0.4, 0.5) is 5.82 Å². The number of sulfonamides is 1. The number of rotatable bonds is 5. The Bertz CT molecular complexity index is 1150. The van der Waals surface area contributed by atoms with Crippen LogP contribution in [0.1, 0.15) is 18.1 Å². The number of aryl methyl sites for hydroxylation is 2. The van der Waals surface area contributed by atoms with Gasteiger partial charge in [0.2, 0.25) is 15.9 Å². The van der Waals surface area contributed by atoms with Crippen molar-refractivity contribution in [1.29, 1.82) is 0 Å². The van der Waals surface area contributed by atoms with E-state index in [0.29, 0.717) is 36.2 Å². The molecule has 0 spiro atoms. The Labute approximate surface area is 183 Å². The predicted octanol–water partition coefficient (Wildman–Crippen LogP) is 3.79. The summed E-state index contributed by atoms with van der Waals surface area (Å²) in [6.07, 6.45) is 1.47. The number of nitrogens with zero attached hydrogens (tertiary/aromatic N) is 4. The zero-order valence-electron chi connectivity index (χ0n) is 17.9. The lowest BCUT2D eigenvalue weighted by Crippen LogP contribution is -2.54. The van der Waals surface area contributed by atoms with Crippen molar-refractivity contribution >= 4 is 15.8 Å². The average Bonchev–Trinajstić information content (AvgIpc) is 2.76. The lowest BCUT2D eigenvalue weighted by Gasteiger charge is -2.39. The fourth-order valence-electron chi connectivity index (χ4n) is 3.64. The van der Waals surface area contributed by atoms with Crippen molar-refractivity contribution < 1.29 is 13.2 Å². The Morgan fingerprint density at radius 1 is 0.935 bits per heavy atom. The molecule has 1 aliphatic heterocycles. The molecule has 1 saturated heterocycles. The minimum atomic E-state index is -3.54. The first-order chi connectivity index (χ1) is 14.8. The van der Waals surface area contributed by atoms with E-state index in [1.165, 1.54) is 6.33 Å². The summed E-state index contributed by atoms with van der Waals surface area (Å²) >= 11 is 0. The molecule has 8 heteroatoms. The van der Waals surface area contributed by atoms with E-state index in [-0.39, 0.29) is 6.04 Å². The number of piperazine rings is 1. The maximum absolute atomic E-state index is 13.1. The molecule has 1 atom stereocenters. The number of anilines is 1. The Morgan fingerprint density at radius 3 is 2.23 bits per heavy atom. The third-order valence-electron chi connectivity index (χ3n) is 5.39. The van der Waals surface area contributed by atoms with Crippen LogP contribution in [0.3, 0.4) is 0 Å². The molecule has 0 radical (unpaired) electrons. The molecule has 1 aromatic heterocycles. The first-order valence-corrected chi connectivity index (χ1v) is 11.7. The highest BCUT2D eigenvalue weighted by molar-refractivity contribution is 7.89. The second-order valence-electron chi connectivity index (χ2n) is 7.85. The smallest absolute Gasteiger partial charge is 0.243 e. The Morgan fingerprint density at radius 2 is 1.58 bits per heavy atom. The van der Waals surface area contributed by atoms with Gasteiger partial charge in [-0.1, -0.05) is 35.4 Å². The summed E-state index contributed by atoms with van der Waals surface area (Å²) in [6, 6.07) is 16.3. The quantitative estimate of drug-likeness (QED) is 0.603. The molecular weight excluding hydrogens is 412 g/mol. The highest BCUT2D eigenvalue weighted by atomic mass is 32.2. The van der Waals surface area contributed by atoms with E-state index in [4.69, 9.17) is 4.74 Å². The molecule has 2 heterocycles. The first kappa shape index (κ1) is 21.3.